The van der Waals surface area contributed by atoms with E-state index >= 15 is 0 Å². The Morgan fingerprint density at radius 1 is 1.22 bits per heavy atom. The largest absolute Gasteiger partial charge is 0.481 e. The summed E-state index contributed by atoms with van der Waals surface area (Å²) in [5, 5.41) is 13.3. The average Bonchev–Trinajstić information content (AvgIpc) is 2.76. The smallest absolute Gasteiger partial charge is 0.313 e. The maximum absolute atomic E-state index is 11.2. The van der Waals surface area contributed by atoms with Crippen LogP contribution in [-0.2, 0) is 17.3 Å². The summed E-state index contributed by atoms with van der Waals surface area (Å²) in [5.41, 5.74) is 1.99. The molecule has 1 heterocycles. The van der Waals surface area contributed by atoms with Crippen LogP contribution in [0, 0.1) is 0 Å². The molecule has 0 radical (unpaired) electrons. The molecule has 0 saturated heterocycles. The van der Waals surface area contributed by atoms with Crippen molar-refractivity contribution in [3.8, 4) is 11.1 Å². The van der Waals surface area contributed by atoms with Crippen LogP contribution in [0.2, 0.25) is 0 Å². The van der Waals surface area contributed by atoms with Crippen molar-refractivity contribution in [3.63, 3.8) is 0 Å². The second-order valence-corrected chi connectivity index (χ2v) is 4.91. The van der Waals surface area contributed by atoms with Crippen LogP contribution in [0.15, 0.2) is 36.7 Å². The fourth-order valence-electron chi connectivity index (χ4n) is 1.77. The molecule has 1 aromatic carbocycles. The van der Waals surface area contributed by atoms with E-state index in [1.54, 1.807) is 24.7 Å². The standard InChI is InChI=1S/C14H16N2O2/c1-14(2,13(17)18)12-6-4-10(5-7-12)11-8-15-16(3)9-11/h4-9H,1-3H3,(H,17,18). The second kappa shape index (κ2) is 4.29. The topological polar surface area (TPSA) is 55.1 Å². The second-order valence-electron chi connectivity index (χ2n) is 4.91. The number of aromatic nitrogens is 2. The number of carboxylic acid groups (broad SMARTS) is 1. The van der Waals surface area contributed by atoms with Crippen molar-refractivity contribution < 1.29 is 9.90 Å². The quantitative estimate of drug-likeness (QED) is 0.902. The highest BCUT2D eigenvalue weighted by Crippen LogP contribution is 2.26. The fourth-order valence-corrected chi connectivity index (χ4v) is 1.77. The molecule has 0 spiro atoms. The third-order valence-electron chi connectivity index (χ3n) is 3.18. The summed E-state index contributed by atoms with van der Waals surface area (Å²) >= 11 is 0. The number of nitrogens with zero attached hydrogens (tertiary/aromatic N) is 2. The molecule has 1 N–H and O–H groups in total. The van der Waals surface area contributed by atoms with E-state index in [0.29, 0.717) is 0 Å². The van der Waals surface area contributed by atoms with Gasteiger partial charge in [-0.2, -0.15) is 5.10 Å². The number of aliphatic carboxylic acids is 1. The van der Waals surface area contributed by atoms with Gasteiger partial charge in [0.05, 0.1) is 11.6 Å². The van der Waals surface area contributed by atoms with E-state index < -0.39 is 11.4 Å². The monoisotopic (exact) mass is 244 g/mol. The van der Waals surface area contributed by atoms with Gasteiger partial charge in [-0.25, -0.2) is 0 Å². The first kappa shape index (κ1) is 12.4. The Labute approximate surface area is 106 Å². The third-order valence-corrected chi connectivity index (χ3v) is 3.18. The van der Waals surface area contributed by atoms with E-state index in [-0.39, 0.29) is 0 Å². The van der Waals surface area contributed by atoms with Crippen molar-refractivity contribution in [1.82, 2.24) is 9.78 Å². The number of carboxylic acids is 1. The lowest BCUT2D eigenvalue weighted by molar-refractivity contribution is -0.142. The maximum atomic E-state index is 11.2. The van der Waals surface area contributed by atoms with Crippen molar-refractivity contribution in [2.75, 3.05) is 0 Å². The summed E-state index contributed by atoms with van der Waals surface area (Å²) in [7, 11) is 1.87. The van der Waals surface area contributed by atoms with Gasteiger partial charge >= 0.3 is 5.97 Å². The number of hydrogen-bond donors (Lipinski definition) is 1. The molecular weight excluding hydrogens is 228 g/mol. The normalized spacial score (nSPS) is 11.5. The highest BCUT2D eigenvalue weighted by Gasteiger charge is 2.29. The summed E-state index contributed by atoms with van der Waals surface area (Å²) < 4.78 is 1.74. The zero-order valence-corrected chi connectivity index (χ0v) is 10.7. The van der Waals surface area contributed by atoms with Gasteiger partial charge in [-0.05, 0) is 25.0 Å². The zero-order valence-electron chi connectivity index (χ0n) is 10.7. The SMILES string of the molecule is Cn1cc(-c2ccc(C(C)(C)C(=O)O)cc2)cn1. The Morgan fingerprint density at radius 3 is 2.28 bits per heavy atom. The molecule has 18 heavy (non-hydrogen) atoms. The Kier molecular flexibility index (Phi) is 2.95. The van der Waals surface area contributed by atoms with Crippen molar-refractivity contribution in [2.45, 2.75) is 19.3 Å². The molecule has 0 saturated carbocycles. The van der Waals surface area contributed by atoms with Crippen LogP contribution < -0.4 is 0 Å². The van der Waals surface area contributed by atoms with Crippen molar-refractivity contribution in [3.05, 3.63) is 42.2 Å². The van der Waals surface area contributed by atoms with Gasteiger partial charge in [-0.3, -0.25) is 9.48 Å². The van der Waals surface area contributed by atoms with Gasteiger partial charge in [0, 0.05) is 18.8 Å². The summed E-state index contributed by atoms with van der Waals surface area (Å²) in [5.74, 6) is -0.823. The van der Waals surface area contributed by atoms with Crippen molar-refractivity contribution in [1.29, 1.82) is 0 Å². The lowest BCUT2D eigenvalue weighted by atomic mass is 9.84. The maximum Gasteiger partial charge on any atom is 0.313 e. The number of rotatable bonds is 3. The summed E-state index contributed by atoms with van der Waals surface area (Å²) in [4.78, 5) is 11.2. The molecule has 0 aliphatic carbocycles. The first-order chi connectivity index (χ1) is 8.41. The van der Waals surface area contributed by atoms with Gasteiger partial charge < -0.3 is 5.11 Å². The molecule has 4 nitrogen and oxygen atoms in total. The van der Waals surface area contributed by atoms with Gasteiger partial charge in [0.15, 0.2) is 0 Å². The van der Waals surface area contributed by atoms with Crippen molar-refractivity contribution >= 4 is 5.97 Å². The molecule has 0 unspecified atom stereocenters. The van der Waals surface area contributed by atoms with E-state index in [0.717, 1.165) is 16.7 Å². The minimum atomic E-state index is -0.868. The summed E-state index contributed by atoms with van der Waals surface area (Å²) in [6.07, 6.45) is 3.72. The Morgan fingerprint density at radius 2 is 1.83 bits per heavy atom. The Hall–Kier alpha value is -2.10. The van der Waals surface area contributed by atoms with Crippen LogP contribution in [-0.4, -0.2) is 20.9 Å². The van der Waals surface area contributed by atoms with Gasteiger partial charge in [0.2, 0.25) is 0 Å². The van der Waals surface area contributed by atoms with E-state index in [1.165, 1.54) is 0 Å². The average molecular weight is 244 g/mol. The molecule has 0 fully saturated rings. The van der Waals surface area contributed by atoms with Crippen LogP contribution in [0.5, 0.6) is 0 Å². The molecule has 0 aliphatic heterocycles. The molecule has 4 heteroatoms. The molecule has 0 atom stereocenters. The number of aryl methyl sites for hydroxylation is 1. The number of carbonyl (C=O) groups is 1. The van der Waals surface area contributed by atoms with Gasteiger partial charge in [0.1, 0.15) is 0 Å². The van der Waals surface area contributed by atoms with Gasteiger partial charge in [0.25, 0.3) is 0 Å². The molecule has 0 bridgehead atoms. The minimum absolute atomic E-state index is 0.794. The van der Waals surface area contributed by atoms with Gasteiger partial charge in [-0.1, -0.05) is 24.3 Å². The number of hydrogen-bond acceptors (Lipinski definition) is 2. The highest BCUT2D eigenvalue weighted by atomic mass is 16.4. The van der Waals surface area contributed by atoms with E-state index in [9.17, 15) is 9.90 Å². The van der Waals surface area contributed by atoms with Crippen LogP contribution in [0.1, 0.15) is 19.4 Å². The van der Waals surface area contributed by atoms with Crippen molar-refractivity contribution in [2.24, 2.45) is 7.05 Å². The van der Waals surface area contributed by atoms with Crippen LogP contribution in [0.25, 0.3) is 11.1 Å². The highest BCUT2D eigenvalue weighted by molar-refractivity contribution is 5.80. The summed E-state index contributed by atoms with van der Waals surface area (Å²) in [6, 6.07) is 7.57. The molecule has 0 amide bonds. The lowest BCUT2D eigenvalue weighted by Crippen LogP contribution is -2.28. The molecule has 2 aromatic rings. The molecular formula is C14H16N2O2. The first-order valence-corrected chi connectivity index (χ1v) is 5.74. The Balaban J connectivity index is 2.34. The lowest BCUT2D eigenvalue weighted by Gasteiger charge is -2.19. The molecule has 94 valence electrons. The summed E-state index contributed by atoms with van der Waals surface area (Å²) in [6.45, 7) is 3.41. The van der Waals surface area contributed by atoms with Crippen LogP contribution in [0.3, 0.4) is 0 Å². The van der Waals surface area contributed by atoms with E-state index in [2.05, 4.69) is 5.10 Å². The third kappa shape index (κ3) is 2.14. The first-order valence-electron chi connectivity index (χ1n) is 5.74. The predicted molar refractivity (Wildman–Crippen MR) is 69.3 cm³/mol. The molecule has 2 rings (SSSR count). The van der Waals surface area contributed by atoms with Gasteiger partial charge in [-0.15, -0.1) is 0 Å². The van der Waals surface area contributed by atoms with Crippen LogP contribution in [0.4, 0.5) is 0 Å². The molecule has 1 aromatic heterocycles. The number of benzene rings is 1. The minimum Gasteiger partial charge on any atom is -0.481 e. The van der Waals surface area contributed by atoms with Crippen LogP contribution >= 0.6 is 0 Å². The predicted octanol–water partition coefficient (Wildman–Crippen LogP) is 2.45. The van der Waals surface area contributed by atoms with E-state index in [1.807, 2.05) is 37.5 Å². The van der Waals surface area contributed by atoms with E-state index in [4.69, 9.17) is 0 Å². The zero-order chi connectivity index (χ0) is 13.3. The fraction of sp³-hybridized carbons (Fsp3) is 0.286. The molecule has 0 aliphatic rings. The Bertz CT molecular complexity index is 568.